The molecule has 0 spiro atoms. The molecule has 6 nitrogen and oxygen atoms in total. The van der Waals surface area contributed by atoms with Gasteiger partial charge in [-0.3, -0.25) is 9.59 Å². The highest BCUT2D eigenvalue weighted by Crippen LogP contribution is 2.12. The molecule has 2 fully saturated rings. The predicted molar refractivity (Wildman–Crippen MR) is 90.6 cm³/mol. The number of amides is 2. The number of rotatable bonds is 4. The van der Waals surface area contributed by atoms with E-state index < -0.39 is 0 Å². The summed E-state index contributed by atoms with van der Waals surface area (Å²) in [6.07, 6.45) is 0. The van der Waals surface area contributed by atoms with Crippen molar-refractivity contribution in [1.82, 2.24) is 15.1 Å². The monoisotopic (exact) mass is 351 g/mol. The Hall–Kier alpha value is -0.500. The maximum Gasteiger partial charge on any atom is 0.232 e. The first-order valence-corrected chi connectivity index (χ1v) is 8.71. The normalized spacial score (nSPS) is 25.5. The summed E-state index contributed by atoms with van der Waals surface area (Å²) >= 11 is 1.42. The predicted octanol–water partition coefficient (Wildman–Crippen LogP) is 0.209. The van der Waals surface area contributed by atoms with Crippen molar-refractivity contribution in [3.05, 3.63) is 0 Å². The van der Waals surface area contributed by atoms with E-state index in [1.54, 1.807) is 0 Å². The lowest BCUT2D eigenvalue weighted by molar-refractivity contribution is -0.132. The molecule has 0 bridgehead atoms. The van der Waals surface area contributed by atoms with Crippen molar-refractivity contribution < 1.29 is 14.3 Å². The van der Waals surface area contributed by atoms with Crippen LogP contribution in [-0.4, -0.2) is 84.6 Å². The first kappa shape index (κ1) is 19.5. The summed E-state index contributed by atoms with van der Waals surface area (Å²) in [7, 11) is 0. The van der Waals surface area contributed by atoms with Gasteiger partial charge in [-0.1, -0.05) is 0 Å². The summed E-state index contributed by atoms with van der Waals surface area (Å²) in [6, 6.07) is 0.532. The average molecular weight is 352 g/mol. The molecular formula is C14H26ClN3O3S. The van der Waals surface area contributed by atoms with Crippen molar-refractivity contribution in [3.63, 3.8) is 0 Å². The van der Waals surface area contributed by atoms with Crippen LogP contribution in [0.4, 0.5) is 0 Å². The molecule has 8 heteroatoms. The third kappa shape index (κ3) is 5.30. The molecule has 0 aromatic rings. The average Bonchev–Trinajstić information content (AvgIpc) is 2.50. The van der Waals surface area contributed by atoms with Crippen LogP contribution < -0.4 is 5.32 Å². The van der Waals surface area contributed by atoms with Gasteiger partial charge in [-0.15, -0.1) is 24.2 Å². The number of hydrogen-bond acceptors (Lipinski definition) is 5. The Morgan fingerprint density at radius 3 is 2.45 bits per heavy atom. The highest BCUT2D eigenvalue weighted by Gasteiger charge is 2.28. The van der Waals surface area contributed by atoms with E-state index in [0.717, 1.165) is 13.1 Å². The third-order valence-electron chi connectivity index (χ3n) is 4.17. The molecular weight excluding hydrogens is 326 g/mol. The number of nitrogens with zero attached hydrogens (tertiary/aromatic N) is 2. The van der Waals surface area contributed by atoms with Crippen LogP contribution in [0.1, 0.15) is 13.8 Å². The second-order valence-corrected chi connectivity index (χ2v) is 6.54. The molecule has 2 saturated heterocycles. The van der Waals surface area contributed by atoms with Crippen LogP contribution in [0.3, 0.4) is 0 Å². The molecule has 2 heterocycles. The number of carbonyl (C=O) groups is 2. The molecule has 0 aliphatic carbocycles. The van der Waals surface area contributed by atoms with E-state index in [-0.39, 0.29) is 30.3 Å². The van der Waals surface area contributed by atoms with E-state index in [9.17, 15) is 9.59 Å². The van der Waals surface area contributed by atoms with Gasteiger partial charge in [-0.2, -0.15) is 0 Å². The van der Waals surface area contributed by atoms with Crippen molar-refractivity contribution in [3.8, 4) is 0 Å². The van der Waals surface area contributed by atoms with Crippen LogP contribution in [0, 0.1) is 0 Å². The van der Waals surface area contributed by atoms with Crippen molar-refractivity contribution in [2.75, 3.05) is 50.9 Å². The second kappa shape index (κ2) is 9.60. The zero-order chi connectivity index (χ0) is 15.2. The lowest BCUT2D eigenvalue weighted by atomic mass is 10.1. The number of morpholine rings is 1. The molecule has 2 aliphatic rings. The Morgan fingerprint density at radius 1 is 1.14 bits per heavy atom. The van der Waals surface area contributed by atoms with Crippen molar-refractivity contribution >= 4 is 36.0 Å². The quantitative estimate of drug-likeness (QED) is 0.784. The Labute approximate surface area is 142 Å². The standard InChI is InChI=1S/C14H25N3O3S.ClH/c1-11-12(2)17(4-3-15-11)14(19)10-21-9-13(18)16-5-7-20-8-6-16;/h11-12,15H,3-10H2,1-2H3;1H. The van der Waals surface area contributed by atoms with E-state index in [4.69, 9.17) is 4.74 Å². The summed E-state index contributed by atoms with van der Waals surface area (Å²) in [4.78, 5) is 28.0. The lowest BCUT2D eigenvalue weighted by Crippen LogP contribution is -2.57. The van der Waals surface area contributed by atoms with Crippen LogP contribution in [0.2, 0.25) is 0 Å². The molecule has 0 radical (unpaired) electrons. The number of carbonyl (C=O) groups excluding carboxylic acids is 2. The summed E-state index contributed by atoms with van der Waals surface area (Å²) < 4.78 is 5.23. The molecule has 2 amide bonds. The first-order valence-electron chi connectivity index (χ1n) is 7.55. The smallest absolute Gasteiger partial charge is 0.232 e. The number of ether oxygens (including phenoxy) is 1. The van der Waals surface area contributed by atoms with Crippen LogP contribution in [-0.2, 0) is 14.3 Å². The molecule has 2 rings (SSSR count). The zero-order valence-corrected chi connectivity index (χ0v) is 14.9. The number of hydrogen-bond donors (Lipinski definition) is 1. The van der Waals surface area contributed by atoms with Gasteiger partial charge in [0.15, 0.2) is 0 Å². The minimum absolute atomic E-state index is 0. The van der Waals surface area contributed by atoms with Crippen molar-refractivity contribution in [1.29, 1.82) is 0 Å². The number of thioether (sulfide) groups is 1. The van der Waals surface area contributed by atoms with Gasteiger partial charge in [-0.25, -0.2) is 0 Å². The van der Waals surface area contributed by atoms with Crippen molar-refractivity contribution in [2.24, 2.45) is 0 Å². The van der Waals surface area contributed by atoms with Gasteiger partial charge in [-0.05, 0) is 13.8 Å². The van der Waals surface area contributed by atoms with Crippen LogP contribution in [0.25, 0.3) is 0 Å². The summed E-state index contributed by atoms with van der Waals surface area (Å²) in [6.45, 7) is 8.32. The van der Waals surface area contributed by atoms with E-state index in [2.05, 4.69) is 19.2 Å². The van der Waals surface area contributed by atoms with Crippen LogP contribution in [0.5, 0.6) is 0 Å². The maximum atomic E-state index is 12.2. The molecule has 0 aromatic carbocycles. The fourth-order valence-corrected chi connectivity index (χ4v) is 3.42. The Kier molecular flexibility index (Phi) is 8.53. The SMILES string of the molecule is CC1NCCN(C(=O)CSCC(=O)N2CCOCC2)C1C.Cl. The highest BCUT2D eigenvalue weighted by atomic mass is 35.5. The fraction of sp³-hybridized carbons (Fsp3) is 0.857. The van der Waals surface area contributed by atoms with Gasteiger partial charge in [0.25, 0.3) is 0 Å². The largest absolute Gasteiger partial charge is 0.378 e. The van der Waals surface area contributed by atoms with E-state index in [1.807, 2.05) is 9.80 Å². The molecule has 2 aliphatic heterocycles. The van der Waals surface area contributed by atoms with Crippen LogP contribution in [0.15, 0.2) is 0 Å². The zero-order valence-electron chi connectivity index (χ0n) is 13.2. The van der Waals surface area contributed by atoms with Crippen LogP contribution >= 0.6 is 24.2 Å². The molecule has 2 unspecified atom stereocenters. The minimum Gasteiger partial charge on any atom is -0.378 e. The fourth-order valence-electron chi connectivity index (χ4n) is 2.62. The Balaban J connectivity index is 0.00000242. The molecule has 22 heavy (non-hydrogen) atoms. The highest BCUT2D eigenvalue weighted by molar-refractivity contribution is 8.00. The summed E-state index contributed by atoms with van der Waals surface area (Å²) in [5.41, 5.74) is 0. The number of piperazine rings is 1. The van der Waals surface area contributed by atoms with E-state index >= 15 is 0 Å². The molecule has 128 valence electrons. The third-order valence-corrected chi connectivity index (χ3v) is 5.07. The van der Waals surface area contributed by atoms with Gasteiger partial charge in [0, 0.05) is 38.3 Å². The van der Waals surface area contributed by atoms with Gasteiger partial charge < -0.3 is 19.9 Å². The number of halogens is 1. The summed E-state index contributed by atoms with van der Waals surface area (Å²) in [5, 5.41) is 3.36. The molecule has 2 atom stereocenters. The molecule has 0 saturated carbocycles. The summed E-state index contributed by atoms with van der Waals surface area (Å²) in [5.74, 6) is 1.00. The Morgan fingerprint density at radius 2 is 1.77 bits per heavy atom. The maximum absolute atomic E-state index is 12.2. The van der Waals surface area contributed by atoms with Crippen molar-refractivity contribution in [2.45, 2.75) is 25.9 Å². The lowest BCUT2D eigenvalue weighted by Gasteiger charge is -2.38. The minimum atomic E-state index is 0. The molecule has 0 aromatic heterocycles. The first-order chi connectivity index (χ1) is 10.1. The molecule has 1 N–H and O–H groups in total. The topological polar surface area (TPSA) is 61.9 Å². The van der Waals surface area contributed by atoms with Gasteiger partial charge in [0.2, 0.25) is 11.8 Å². The van der Waals surface area contributed by atoms with Gasteiger partial charge in [0.1, 0.15) is 0 Å². The van der Waals surface area contributed by atoms with E-state index in [0.29, 0.717) is 43.9 Å². The van der Waals surface area contributed by atoms with Gasteiger partial charge in [0.05, 0.1) is 24.7 Å². The number of nitrogens with one attached hydrogen (secondary N) is 1. The second-order valence-electron chi connectivity index (χ2n) is 5.56. The van der Waals surface area contributed by atoms with E-state index in [1.165, 1.54) is 11.8 Å². The Bertz CT molecular complexity index is 380. The van der Waals surface area contributed by atoms with Gasteiger partial charge >= 0.3 is 0 Å².